The maximum atomic E-state index is 11.1. The molecule has 0 aliphatic carbocycles. The summed E-state index contributed by atoms with van der Waals surface area (Å²) in [6.45, 7) is 3.70. The second-order valence-corrected chi connectivity index (χ2v) is 3.82. The molecule has 0 fully saturated rings. The highest BCUT2D eigenvalue weighted by molar-refractivity contribution is 5.93. The summed E-state index contributed by atoms with van der Waals surface area (Å²) in [5.41, 5.74) is 2.47. The van der Waals surface area contributed by atoms with Crippen molar-refractivity contribution >= 4 is 17.2 Å². The number of para-hydroxylation sites is 1. The van der Waals surface area contributed by atoms with Crippen LogP contribution in [0.1, 0.15) is 29.0 Å². The molecule has 0 aliphatic rings. The molecule has 1 aromatic carbocycles. The highest BCUT2D eigenvalue weighted by Gasteiger charge is 2.16. The zero-order valence-electron chi connectivity index (χ0n) is 9.27. The molecule has 0 aliphatic heterocycles. The first-order chi connectivity index (χ1) is 7.70. The number of hydrogen-bond donors (Lipinski definition) is 0. The van der Waals surface area contributed by atoms with Crippen molar-refractivity contribution in [2.45, 2.75) is 19.9 Å². The summed E-state index contributed by atoms with van der Waals surface area (Å²) in [6.07, 6.45) is 0.823. The van der Waals surface area contributed by atoms with Gasteiger partial charge < -0.3 is 4.57 Å². The minimum absolute atomic E-state index is 0.334. The van der Waals surface area contributed by atoms with Gasteiger partial charge in [0.2, 0.25) is 0 Å². The van der Waals surface area contributed by atoms with Crippen LogP contribution >= 0.6 is 0 Å². The van der Waals surface area contributed by atoms with Crippen LogP contribution in [0, 0.1) is 18.3 Å². The van der Waals surface area contributed by atoms with Gasteiger partial charge in [0.05, 0.1) is 17.3 Å². The summed E-state index contributed by atoms with van der Waals surface area (Å²) in [4.78, 5) is 11.1. The van der Waals surface area contributed by atoms with Crippen LogP contribution in [0.15, 0.2) is 24.3 Å². The number of carbonyl (C=O) groups excluding carboxylic acids is 1. The molecule has 1 heterocycles. The fourth-order valence-electron chi connectivity index (χ4n) is 2.07. The molecule has 0 radical (unpaired) electrons. The lowest BCUT2D eigenvalue weighted by Crippen LogP contribution is -2.06. The molecule has 1 unspecified atom stereocenters. The van der Waals surface area contributed by atoms with Gasteiger partial charge in [-0.05, 0) is 25.5 Å². The van der Waals surface area contributed by atoms with Crippen molar-refractivity contribution in [1.29, 1.82) is 5.26 Å². The van der Waals surface area contributed by atoms with Crippen LogP contribution in [0.2, 0.25) is 0 Å². The summed E-state index contributed by atoms with van der Waals surface area (Å²) in [7, 11) is 0. The molecule has 0 saturated heterocycles. The van der Waals surface area contributed by atoms with E-state index in [9.17, 15) is 4.79 Å². The number of hydrogen-bond acceptors (Lipinski definition) is 2. The van der Waals surface area contributed by atoms with Crippen molar-refractivity contribution in [3.8, 4) is 6.07 Å². The number of nitriles is 1. The van der Waals surface area contributed by atoms with E-state index < -0.39 is 0 Å². The van der Waals surface area contributed by atoms with Gasteiger partial charge in [-0.25, -0.2) is 0 Å². The quantitative estimate of drug-likeness (QED) is 0.718. The average Bonchev–Trinajstić information content (AvgIpc) is 2.62. The lowest BCUT2D eigenvalue weighted by Gasteiger charge is -2.09. The number of carbonyl (C=O) groups is 1. The first-order valence-electron chi connectivity index (χ1n) is 5.15. The van der Waals surface area contributed by atoms with Crippen LogP contribution < -0.4 is 0 Å². The highest BCUT2D eigenvalue weighted by atomic mass is 16.1. The maximum Gasteiger partial charge on any atom is 0.166 e. The zero-order valence-corrected chi connectivity index (χ0v) is 9.27. The Morgan fingerprint density at radius 3 is 2.75 bits per heavy atom. The molecule has 1 aromatic heterocycles. The van der Waals surface area contributed by atoms with Crippen LogP contribution in [-0.4, -0.2) is 10.9 Å². The van der Waals surface area contributed by atoms with Gasteiger partial charge in [-0.3, -0.25) is 4.79 Å². The van der Waals surface area contributed by atoms with Gasteiger partial charge in [0.1, 0.15) is 6.04 Å². The molecule has 0 saturated carbocycles. The Bertz CT molecular complexity index is 590. The number of aldehydes is 1. The van der Waals surface area contributed by atoms with E-state index in [-0.39, 0.29) is 6.04 Å². The molecular formula is C13H12N2O. The minimum atomic E-state index is -0.334. The van der Waals surface area contributed by atoms with Crippen molar-refractivity contribution in [3.05, 3.63) is 35.5 Å². The molecular weight excluding hydrogens is 200 g/mol. The van der Waals surface area contributed by atoms with Crippen molar-refractivity contribution in [2.24, 2.45) is 0 Å². The van der Waals surface area contributed by atoms with Crippen LogP contribution in [0.4, 0.5) is 0 Å². The Morgan fingerprint density at radius 2 is 2.12 bits per heavy atom. The summed E-state index contributed by atoms with van der Waals surface area (Å²) in [6, 6.07) is 9.58. The maximum absolute atomic E-state index is 11.1. The van der Waals surface area contributed by atoms with Crippen LogP contribution in [0.3, 0.4) is 0 Å². The molecule has 0 amide bonds. The van der Waals surface area contributed by atoms with Gasteiger partial charge in [-0.2, -0.15) is 5.26 Å². The fraction of sp³-hybridized carbons (Fsp3) is 0.231. The van der Waals surface area contributed by atoms with Crippen LogP contribution in [0.5, 0.6) is 0 Å². The van der Waals surface area contributed by atoms with E-state index in [4.69, 9.17) is 5.26 Å². The number of benzene rings is 1. The Labute approximate surface area is 93.9 Å². The van der Waals surface area contributed by atoms with E-state index >= 15 is 0 Å². The lowest BCUT2D eigenvalue weighted by atomic mass is 10.2. The minimum Gasteiger partial charge on any atom is -0.322 e. The van der Waals surface area contributed by atoms with E-state index in [1.54, 1.807) is 11.5 Å². The SMILES string of the molecule is Cc1c(C=O)n(C(C)C#N)c2ccccc12. The first-order valence-corrected chi connectivity index (χ1v) is 5.15. The van der Waals surface area contributed by atoms with Gasteiger partial charge in [-0.1, -0.05) is 18.2 Å². The number of aryl methyl sites for hydroxylation is 1. The number of rotatable bonds is 2. The zero-order chi connectivity index (χ0) is 11.7. The van der Waals surface area contributed by atoms with E-state index in [2.05, 4.69) is 6.07 Å². The third kappa shape index (κ3) is 1.31. The van der Waals surface area contributed by atoms with Crippen molar-refractivity contribution in [2.75, 3.05) is 0 Å². The number of nitrogens with zero attached hydrogens (tertiary/aromatic N) is 2. The molecule has 2 aromatic rings. The smallest absolute Gasteiger partial charge is 0.166 e. The van der Waals surface area contributed by atoms with E-state index in [1.165, 1.54) is 0 Å². The van der Waals surface area contributed by atoms with Crippen LogP contribution in [-0.2, 0) is 0 Å². The summed E-state index contributed by atoms with van der Waals surface area (Å²) in [5, 5.41) is 10.0. The largest absolute Gasteiger partial charge is 0.322 e. The van der Waals surface area contributed by atoms with Gasteiger partial charge in [-0.15, -0.1) is 0 Å². The molecule has 2 rings (SSSR count). The van der Waals surface area contributed by atoms with Gasteiger partial charge in [0.15, 0.2) is 6.29 Å². The van der Waals surface area contributed by atoms with Crippen molar-refractivity contribution in [1.82, 2.24) is 4.57 Å². The Balaban J connectivity index is 2.89. The molecule has 80 valence electrons. The number of fused-ring (bicyclic) bond motifs is 1. The molecule has 0 spiro atoms. The topological polar surface area (TPSA) is 45.8 Å². The van der Waals surface area contributed by atoms with E-state index in [0.717, 1.165) is 22.8 Å². The lowest BCUT2D eigenvalue weighted by molar-refractivity contribution is 0.111. The third-order valence-electron chi connectivity index (χ3n) is 2.90. The van der Waals surface area contributed by atoms with Crippen molar-refractivity contribution < 1.29 is 4.79 Å². The Morgan fingerprint density at radius 1 is 1.44 bits per heavy atom. The van der Waals surface area contributed by atoms with Crippen LogP contribution in [0.25, 0.3) is 10.9 Å². The molecule has 0 bridgehead atoms. The second kappa shape index (κ2) is 3.82. The number of aromatic nitrogens is 1. The standard InChI is InChI=1S/C13H12N2O/c1-9(7-14)15-12-6-4-3-5-11(12)10(2)13(15)8-16/h3-6,8-9H,1-2H3. The van der Waals surface area contributed by atoms with E-state index in [0.29, 0.717) is 5.69 Å². The average molecular weight is 212 g/mol. The van der Waals surface area contributed by atoms with Gasteiger partial charge >= 0.3 is 0 Å². The van der Waals surface area contributed by atoms with Gasteiger partial charge in [0.25, 0.3) is 0 Å². The summed E-state index contributed by atoms with van der Waals surface area (Å²) in [5.74, 6) is 0. The van der Waals surface area contributed by atoms with Crippen molar-refractivity contribution in [3.63, 3.8) is 0 Å². The predicted molar refractivity (Wildman–Crippen MR) is 62.4 cm³/mol. The molecule has 0 N–H and O–H groups in total. The molecule has 3 heteroatoms. The molecule has 16 heavy (non-hydrogen) atoms. The Hall–Kier alpha value is -2.08. The first kappa shape index (κ1) is 10.4. The normalized spacial score (nSPS) is 12.3. The third-order valence-corrected chi connectivity index (χ3v) is 2.90. The second-order valence-electron chi connectivity index (χ2n) is 3.82. The molecule has 3 nitrogen and oxygen atoms in total. The predicted octanol–water partition coefficient (Wildman–Crippen LogP) is 2.85. The fourth-order valence-corrected chi connectivity index (χ4v) is 2.07. The highest BCUT2D eigenvalue weighted by Crippen LogP contribution is 2.27. The monoisotopic (exact) mass is 212 g/mol. The van der Waals surface area contributed by atoms with E-state index in [1.807, 2.05) is 31.2 Å². The summed E-state index contributed by atoms with van der Waals surface area (Å²) < 4.78 is 1.79. The van der Waals surface area contributed by atoms with Gasteiger partial charge in [0, 0.05) is 5.39 Å². The Kier molecular flexibility index (Phi) is 2.49. The summed E-state index contributed by atoms with van der Waals surface area (Å²) >= 11 is 0. The molecule has 1 atom stereocenters.